The molecule has 6 heteroatoms. The zero-order valence-corrected chi connectivity index (χ0v) is 12.8. The minimum Gasteiger partial charge on any atom is -0.365 e. The van der Waals surface area contributed by atoms with Crippen molar-refractivity contribution in [1.82, 2.24) is 19.5 Å². The Hall–Kier alpha value is -2.13. The second-order valence-corrected chi connectivity index (χ2v) is 6.76. The topological polar surface area (TPSA) is 64.9 Å². The average Bonchev–Trinajstić information content (AvgIpc) is 2.93. The number of rotatable bonds is 3. The number of fused-ring (bicyclic) bond motifs is 1. The van der Waals surface area contributed by atoms with Crippen LogP contribution >= 0.6 is 0 Å². The molecule has 114 valence electrons. The average molecular weight is 297 g/mol. The summed E-state index contributed by atoms with van der Waals surface area (Å²) in [7, 11) is 0. The van der Waals surface area contributed by atoms with Crippen LogP contribution in [0, 0.1) is 17.8 Å². The van der Waals surface area contributed by atoms with Gasteiger partial charge in [-0.15, -0.1) is 6.42 Å². The molecule has 3 unspecified atom stereocenters. The minimum atomic E-state index is -0.117. The molecule has 0 radical (unpaired) electrons. The van der Waals surface area contributed by atoms with Gasteiger partial charge in [0.1, 0.15) is 18.7 Å². The summed E-state index contributed by atoms with van der Waals surface area (Å²) in [6.07, 6.45) is 11.5. The van der Waals surface area contributed by atoms with Gasteiger partial charge in [0.05, 0.1) is 6.33 Å². The number of ether oxygens (including phenoxy) is 1. The molecule has 0 bridgehead atoms. The summed E-state index contributed by atoms with van der Waals surface area (Å²) < 4.78 is 7.79. The number of imidazole rings is 1. The van der Waals surface area contributed by atoms with E-state index in [0.717, 1.165) is 36.2 Å². The van der Waals surface area contributed by atoms with E-state index in [4.69, 9.17) is 11.2 Å². The quantitative estimate of drug-likeness (QED) is 0.881. The van der Waals surface area contributed by atoms with Crippen molar-refractivity contribution in [1.29, 1.82) is 0 Å². The monoisotopic (exact) mass is 297 g/mol. The van der Waals surface area contributed by atoms with Crippen molar-refractivity contribution in [3.8, 4) is 12.3 Å². The van der Waals surface area contributed by atoms with Gasteiger partial charge in [-0.2, -0.15) is 0 Å². The first kappa shape index (κ1) is 13.5. The minimum absolute atomic E-state index is 0.0915. The Kier molecular flexibility index (Phi) is 2.88. The highest BCUT2D eigenvalue weighted by Crippen LogP contribution is 2.46. The van der Waals surface area contributed by atoms with Crippen molar-refractivity contribution in [2.75, 3.05) is 5.32 Å². The fraction of sp³-hybridized carbons (Fsp3) is 0.562. The first-order chi connectivity index (χ1) is 10.6. The predicted molar refractivity (Wildman–Crippen MR) is 83.1 cm³/mol. The third kappa shape index (κ3) is 2.13. The first-order valence-electron chi connectivity index (χ1n) is 7.64. The summed E-state index contributed by atoms with van der Waals surface area (Å²) >= 11 is 0. The van der Waals surface area contributed by atoms with Gasteiger partial charge >= 0.3 is 0 Å². The molecule has 3 atom stereocenters. The van der Waals surface area contributed by atoms with E-state index in [0.29, 0.717) is 11.5 Å². The molecule has 3 heterocycles. The van der Waals surface area contributed by atoms with E-state index in [2.05, 4.69) is 40.0 Å². The van der Waals surface area contributed by atoms with Gasteiger partial charge in [0.2, 0.25) is 0 Å². The normalized spacial score (nSPS) is 29.4. The Morgan fingerprint density at radius 1 is 1.36 bits per heavy atom. The molecule has 1 aliphatic heterocycles. The van der Waals surface area contributed by atoms with Crippen molar-refractivity contribution >= 4 is 17.0 Å². The van der Waals surface area contributed by atoms with Crippen LogP contribution in [0.3, 0.4) is 0 Å². The Labute approximate surface area is 129 Å². The van der Waals surface area contributed by atoms with E-state index in [1.54, 1.807) is 12.7 Å². The van der Waals surface area contributed by atoms with Crippen LogP contribution in [-0.2, 0) is 4.74 Å². The maximum absolute atomic E-state index is 5.84. The lowest BCUT2D eigenvalue weighted by Crippen LogP contribution is -2.12. The van der Waals surface area contributed by atoms with Gasteiger partial charge in [-0.3, -0.25) is 4.57 Å². The lowest BCUT2D eigenvalue weighted by molar-refractivity contribution is 0.0300. The summed E-state index contributed by atoms with van der Waals surface area (Å²) in [6, 6.07) is 0.448. The fourth-order valence-corrected chi connectivity index (χ4v) is 2.99. The lowest BCUT2D eigenvalue weighted by atomic mass is 10.2. The molecule has 0 aromatic carbocycles. The van der Waals surface area contributed by atoms with Crippen molar-refractivity contribution in [3.05, 3.63) is 12.7 Å². The second kappa shape index (κ2) is 4.68. The Morgan fingerprint density at radius 3 is 2.86 bits per heavy atom. The van der Waals surface area contributed by atoms with E-state index in [1.165, 1.54) is 0 Å². The van der Waals surface area contributed by atoms with Crippen molar-refractivity contribution in [2.45, 2.75) is 51.5 Å². The van der Waals surface area contributed by atoms with E-state index >= 15 is 0 Å². The van der Waals surface area contributed by atoms with Crippen molar-refractivity contribution < 1.29 is 4.74 Å². The van der Waals surface area contributed by atoms with E-state index in [9.17, 15) is 0 Å². The van der Waals surface area contributed by atoms with Crippen LogP contribution in [-0.4, -0.2) is 31.7 Å². The zero-order valence-electron chi connectivity index (χ0n) is 12.8. The second-order valence-electron chi connectivity index (χ2n) is 6.76. The van der Waals surface area contributed by atoms with Gasteiger partial charge in [-0.25, -0.2) is 15.0 Å². The summed E-state index contributed by atoms with van der Waals surface area (Å²) in [5.74, 6) is 3.45. The molecule has 0 amide bonds. The molecule has 2 fully saturated rings. The summed E-state index contributed by atoms with van der Waals surface area (Å²) in [5, 5.41) is 3.47. The number of nitrogens with zero attached hydrogens (tertiary/aromatic N) is 4. The molecular formula is C16H19N5O. The van der Waals surface area contributed by atoms with Gasteiger partial charge in [0.25, 0.3) is 0 Å². The molecule has 6 nitrogen and oxygen atoms in total. The van der Waals surface area contributed by atoms with Gasteiger partial charge in [0, 0.05) is 6.04 Å². The largest absolute Gasteiger partial charge is 0.365 e. The zero-order chi connectivity index (χ0) is 15.3. The highest BCUT2D eigenvalue weighted by Gasteiger charge is 2.46. The molecule has 2 aromatic heterocycles. The van der Waals surface area contributed by atoms with Crippen LogP contribution in [0.4, 0.5) is 5.82 Å². The standard InChI is InChI=1S/C16H19N5O/c1-4-10-5-6-12(22-10)21-9-19-13-14(17-8-18-15(13)21)20-11-7-16(11,2)3/h1,8-12H,5-7H2,2-3H3,(H,17,18,20). The summed E-state index contributed by atoms with van der Waals surface area (Å²) in [5.41, 5.74) is 1.91. The maximum Gasteiger partial charge on any atom is 0.167 e. The van der Waals surface area contributed by atoms with Gasteiger partial charge in [0.15, 0.2) is 17.0 Å². The third-order valence-corrected chi connectivity index (χ3v) is 4.68. The highest BCUT2D eigenvalue weighted by molar-refractivity contribution is 5.83. The molecule has 0 spiro atoms. The Bertz CT molecular complexity index is 759. The summed E-state index contributed by atoms with van der Waals surface area (Å²) in [4.78, 5) is 13.2. The van der Waals surface area contributed by atoms with Crippen molar-refractivity contribution in [3.63, 3.8) is 0 Å². The van der Waals surface area contributed by atoms with Crippen LogP contribution in [0.1, 0.15) is 39.3 Å². The predicted octanol–water partition coefficient (Wildman–Crippen LogP) is 2.35. The van der Waals surface area contributed by atoms with Crippen LogP contribution in [0.2, 0.25) is 0 Å². The lowest BCUT2D eigenvalue weighted by Gasteiger charge is -2.13. The highest BCUT2D eigenvalue weighted by atomic mass is 16.5. The fourth-order valence-electron chi connectivity index (χ4n) is 2.99. The SMILES string of the molecule is C#CC1CCC(n2cnc3c(NC4CC4(C)C)ncnc32)O1. The Balaban J connectivity index is 1.64. The Morgan fingerprint density at radius 2 is 2.18 bits per heavy atom. The summed E-state index contributed by atoms with van der Waals surface area (Å²) in [6.45, 7) is 4.49. The van der Waals surface area contributed by atoms with Gasteiger partial charge < -0.3 is 10.1 Å². The molecule has 22 heavy (non-hydrogen) atoms. The number of hydrogen-bond acceptors (Lipinski definition) is 5. The molecule has 1 N–H and O–H groups in total. The third-order valence-electron chi connectivity index (χ3n) is 4.68. The van der Waals surface area contributed by atoms with Gasteiger partial charge in [-0.1, -0.05) is 19.8 Å². The molecule has 1 saturated heterocycles. The first-order valence-corrected chi connectivity index (χ1v) is 7.64. The van der Waals surface area contributed by atoms with Crippen molar-refractivity contribution in [2.24, 2.45) is 5.41 Å². The number of terminal acetylenes is 1. The van der Waals surface area contributed by atoms with Crippen LogP contribution in [0.25, 0.3) is 11.2 Å². The smallest absolute Gasteiger partial charge is 0.167 e. The number of aromatic nitrogens is 4. The molecule has 2 aromatic rings. The number of anilines is 1. The van der Waals surface area contributed by atoms with E-state index in [-0.39, 0.29) is 12.3 Å². The molecular weight excluding hydrogens is 278 g/mol. The molecule has 2 aliphatic rings. The van der Waals surface area contributed by atoms with Gasteiger partial charge in [-0.05, 0) is 24.7 Å². The molecule has 1 saturated carbocycles. The van der Waals surface area contributed by atoms with E-state index < -0.39 is 0 Å². The van der Waals surface area contributed by atoms with Crippen LogP contribution < -0.4 is 5.32 Å². The van der Waals surface area contributed by atoms with E-state index in [1.807, 2.05) is 4.57 Å². The van der Waals surface area contributed by atoms with Crippen LogP contribution in [0.15, 0.2) is 12.7 Å². The molecule has 4 rings (SSSR count). The number of nitrogens with one attached hydrogen (secondary N) is 1. The molecule has 1 aliphatic carbocycles. The maximum atomic E-state index is 5.84. The van der Waals surface area contributed by atoms with Crippen LogP contribution in [0.5, 0.6) is 0 Å². The number of hydrogen-bond donors (Lipinski definition) is 1.